The lowest BCUT2D eigenvalue weighted by atomic mass is 10.0. The Kier molecular flexibility index (Phi) is 4.48. The molecule has 1 aliphatic heterocycles. The van der Waals surface area contributed by atoms with E-state index in [4.69, 9.17) is 5.73 Å². The van der Waals surface area contributed by atoms with E-state index in [0.29, 0.717) is 12.1 Å². The third kappa shape index (κ3) is 3.10. The second-order valence-corrected chi connectivity index (χ2v) is 5.92. The normalized spacial score (nSPS) is 24.8. The van der Waals surface area contributed by atoms with Gasteiger partial charge in [0.1, 0.15) is 0 Å². The molecule has 2 unspecified atom stereocenters. The number of piperazine rings is 1. The van der Waals surface area contributed by atoms with Crippen molar-refractivity contribution in [3.05, 3.63) is 29.3 Å². The van der Waals surface area contributed by atoms with Crippen molar-refractivity contribution in [1.29, 1.82) is 0 Å². The molecule has 2 N–H and O–H groups in total. The number of nitrogens with zero attached hydrogens (tertiary/aromatic N) is 2. The topological polar surface area (TPSA) is 32.5 Å². The number of hydrogen-bond donors (Lipinski definition) is 1. The largest absolute Gasteiger partial charge is 0.368 e. The summed E-state index contributed by atoms with van der Waals surface area (Å²) in [4.78, 5) is 4.99. The van der Waals surface area contributed by atoms with Gasteiger partial charge in [0.15, 0.2) is 0 Å². The molecule has 0 aromatic heterocycles. The van der Waals surface area contributed by atoms with Gasteiger partial charge >= 0.3 is 0 Å². The highest BCUT2D eigenvalue weighted by Gasteiger charge is 2.28. The molecule has 1 aromatic carbocycles. The lowest BCUT2D eigenvalue weighted by molar-refractivity contribution is 0.152. The first-order chi connectivity index (χ1) is 9.02. The highest BCUT2D eigenvalue weighted by molar-refractivity contribution is 5.51. The molecule has 0 bridgehead atoms. The summed E-state index contributed by atoms with van der Waals surface area (Å²) in [6, 6.07) is 7.93. The molecule has 0 radical (unpaired) electrons. The van der Waals surface area contributed by atoms with Gasteiger partial charge in [-0.2, -0.15) is 0 Å². The number of nitrogens with two attached hydrogens (primary N) is 1. The van der Waals surface area contributed by atoms with E-state index in [1.165, 1.54) is 16.8 Å². The Bertz CT molecular complexity index is 430. The molecule has 1 aromatic rings. The van der Waals surface area contributed by atoms with Gasteiger partial charge in [0.2, 0.25) is 0 Å². The summed E-state index contributed by atoms with van der Waals surface area (Å²) in [5.41, 5.74) is 9.84. The Morgan fingerprint density at radius 1 is 1.21 bits per heavy atom. The number of anilines is 1. The summed E-state index contributed by atoms with van der Waals surface area (Å²) in [7, 11) is 2.22. The van der Waals surface area contributed by atoms with E-state index in [1.807, 2.05) is 0 Å². The van der Waals surface area contributed by atoms with Crippen LogP contribution in [0.25, 0.3) is 0 Å². The Morgan fingerprint density at radius 3 is 2.58 bits per heavy atom. The van der Waals surface area contributed by atoms with Crippen LogP contribution >= 0.6 is 0 Å². The van der Waals surface area contributed by atoms with Gasteiger partial charge < -0.3 is 10.6 Å². The summed E-state index contributed by atoms with van der Waals surface area (Å²) < 4.78 is 0. The first-order valence-corrected chi connectivity index (χ1v) is 7.27. The predicted octanol–water partition coefficient (Wildman–Crippen LogP) is 2.16. The van der Waals surface area contributed by atoms with Gasteiger partial charge in [-0.15, -0.1) is 0 Å². The Balaban J connectivity index is 2.17. The average molecular weight is 261 g/mol. The highest BCUT2D eigenvalue weighted by Crippen LogP contribution is 2.24. The molecular formula is C16H27N3. The van der Waals surface area contributed by atoms with Gasteiger partial charge in [0.25, 0.3) is 0 Å². The first kappa shape index (κ1) is 14.4. The van der Waals surface area contributed by atoms with Gasteiger partial charge in [0.05, 0.1) is 0 Å². The fourth-order valence-electron chi connectivity index (χ4n) is 2.89. The van der Waals surface area contributed by atoms with E-state index in [-0.39, 0.29) is 0 Å². The van der Waals surface area contributed by atoms with E-state index in [9.17, 15) is 0 Å². The molecule has 3 nitrogen and oxygen atoms in total. The highest BCUT2D eigenvalue weighted by atomic mass is 15.3. The molecule has 2 atom stereocenters. The molecule has 1 heterocycles. The molecule has 106 valence electrons. The zero-order chi connectivity index (χ0) is 14.0. The third-order valence-corrected chi connectivity index (χ3v) is 4.54. The smallest absolute Gasteiger partial charge is 0.0370 e. The lowest BCUT2D eigenvalue weighted by Crippen LogP contribution is -2.56. The summed E-state index contributed by atoms with van der Waals surface area (Å²) in [6.07, 6.45) is 1.07. The molecule has 2 rings (SSSR count). The predicted molar refractivity (Wildman–Crippen MR) is 82.8 cm³/mol. The Morgan fingerprint density at radius 2 is 1.95 bits per heavy atom. The maximum Gasteiger partial charge on any atom is 0.0370 e. The molecule has 0 spiro atoms. The minimum Gasteiger partial charge on any atom is -0.368 e. The van der Waals surface area contributed by atoms with E-state index in [1.54, 1.807) is 0 Å². The van der Waals surface area contributed by atoms with Crippen molar-refractivity contribution >= 4 is 5.69 Å². The summed E-state index contributed by atoms with van der Waals surface area (Å²) >= 11 is 0. The van der Waals surface area contributed by atoms with E-state index < -0.39 is 0 Å². The zero-order valence-electron chi connectivity index (χ0n) is 12.7. The quantitative estimate of drug-likeness (QED) is 0.905. The minimum atomic E-state index is 0.565. The van der Waals surface area contributed by atoms with Crippen molar-refractivity contribution in [3.63, 3.8) is 0 Å². The van der Waals surface area contributed by atoms with Crippen molar-refractivity contribution in [2.45, 2.75) is 39.3 Å². The fraction of sp³-hybridized carbons (Fsp3) is 0.625. The van der Waals surface area contributed by atoms with Crippen LogP contribution in [0.4, 0.5) is 5.69 Å². The maximum atomic E-state index is 5.75. The van der Waals surface area contributed by atoms with Crippen LogP contribution in [0.3, 0.4) is 0 Å². The number of aryl methyl sites for hydroxylation is 2. The molecule has 3 heteroatoms. The van der Waals surface area contributed by atoms with Crippen molar-refractivity contribution in [2.24, 2.45) is 5.73 Å². The molecular weight excluding hydrogens is 234 g/mol. The Hall–Kier alpha value is -1.06. The molecule has 0 amide bonds. The van der Waals surface area contributed by atoms with Crippen molar-refractivity contribution in [1.82, 2.24) is 4.90 Å². The number of likely N-dealkylation sites (N-methyl/N-ethyl adjacent to an activating group) is 1. The second kappa shape index (κ2) is 5.93. The molecule has 19 heavy (non-hydrogen) atoms. The lowest BCUT2D eigenvalue weighted by Gasteiger charge is -2.45. The van der Waals surface area contributed by atoms with Crippen LogP contribution in [0.1, 0.15) is 24.5 Å². The number of benzene rings is 1. The van der Waals surface area contributed by atoms with Gasteiger partial charge in [-0.25, -0.2) is 0 Å². The van der Waals surface area contributed by atoms with Crippen LogP contribution in [0.15, 0.2) is 18.2 Å². The van der Waals surface area contributed by atoms with Gasteiger partial charge in [-0.1, -0.05) is 6.07 Å². The molecule has 1 aliphatic rings. The van der Waals surface area contributed by atoms with Gasteiger partial charge in [-0.05, 0) is 64.0 Å². The zero-order valence-corrected chi connectivity index (χ0v) is 12.7. The maximum absolute atomic E-state index is 5.75. The molecule has 1 fully saturated rings. The summed E-state index contributed by atoms with van der Waals surface area (Å²) in [5, 5.41) is 0. The minimum absolute atomic E-state index is 0.565. The average Bonchev–Trinajstić information content (AvgIpc) is 2.38. The number of hydrogen-bond acceptors (Lipinski definition) is 3. The van der Waals surface area contributed by atoms with E-state index >= 15 is 0 Å². The van der Waals surface area contributed by atoms with Crippen molar-refractivity contribution in [2.75, 3.05) is 31.6 Å². The van der Waals surface area contributed by atoms with Gasteiger partial charge in [-0.3, -0.25) is 4.90 Å². The van der Waals surface area contributed by atoms with Crippen molar-refractivity contribution < 1.29 is 0 Å². The number of rotatable bonds is 3. The summed E-state index contributed by atoms with van der Waals surface area (Å²) in [6.45, 7) is 9.61. The monoisotopic (exact) mass is 261 g/mol. The third-order valence-electron chi connectivity index (χ3n) is 4.54. The first-order valence-electron chi connectivity index (χ1n) is 7.27. The second-order valence-electron chi connectivity index (χ2n) is 5.92. The van der Waals surface area contributed by atoms with Crippen LogP contribution in [0.5, 0.6) is 0 Å². The summed E-state index contributed by atoms with van der Waals surface area (Å²) in [5.74, 6) is 0. The van der Waals surface area contributed by atoms with E-state index in [2.05, 4.69) is 55.8 Å². The fourth-order valence-corrected chi connectivity index (χ4v) is 2.89. The molecule has 0 aliphatic carbocycles. The van der Waals surface area contributed by atoms with Crippen LogP contribution in [-0.2, 0) is 0 Å². The van der Waals surface area contributed by atoms with E-state index in [0.717, 1.165) is 26.1 Å². The van der Waals surface area contributed by atoms with Crippen LogP contribution in [-0.4, -0.2) is 43.7 Å². The van der Waals surface area contributed by atoms with Crippen LogP contribution in [0, 0.1) is 13.8 Å². The van der Waals surface area contributed by atoms with Gasteiger partial charge in [0, 0.05) is 30.9 Å². The standard InChI is InChI=1S/C16H27N3/c1-12-5-6-15(9-13(12)2)19-10-14(3)18(4)16(11-19)7-8-17/h5-6,9,14,16H,7-8,10-11,17H2,1-4H3. The Labute approximate surface area is 117 Å². The molecule has 1 saturated heterocycles. The van der Waals surface area contributed by atoms with Crippen LogP contribution in [0.2, 0.25) is 0 Å². The SMILES string of the molecule is Cc1ccc(N2CC(C)N(C)C(CCN)C2)cc1C. The molecule has 0 saturated carbocycles. The van der Waals surface area contributed by atoms with Crippen molar-refractivity contribution in [3.8, 4) is 0 Å². The van der Waals surface area contributed by atoms with Crippen LogP contribution < -0.4 is 10.6 Å².